The van der Waals surface area contributed by atoms with Crippen molar-refractivity contribution in [3.63, 3.8) is 0 Å². The lowest BCUT2D eigenvalue weighted by molar-refractivity contribution is -0.145. The van der Waals surface area contributed by atoms with Crippen molar-refractivity contribution in [2.45, 2.75) is 32.5 Å². The van der Waals surface area contributed by atoms with Crippen molar-refractivity contribution in [3.05, 3.63) is 35.9 Å². The number of hydrogen-bond acceptors (Lipinski definition) is 3. The second-order valence-corrected chi connectivity index (χ2v) is 4.60. The van der Waals surface area contributed by atoms with E-state index in [9.17, 15) is 4.79 Å². The van der Waals surface area contributed by atoms with E-state index in [1.165, 1.54) is 12.5 Å². The summed E-state index contributed by atoms with van der Waals surface area (Å²) in [5.74, 6) is 0.211. The number of carbonyl (C=O) groups is 1. The molecule has 2 rings (SSSR count). The molecule has 92 valence electrons. The summed E-state index contributed by atoms with van der Waals surface area (Å²) < 4.78 is 10.9. The molecule has 0 N–H and O–H groups in total. The molecule has 0 aromatic heterocycles. The van der Waals surface area contributed by atoms with Crippen LogP contribution in [0.4, 0.5) is 0 Å². The Morgan fingerprint density at radius 1 is 1.41 bits per heavy atom. The minimum absolute atomic E-state index is 0.0270. The van der Waals surface area contributed by atoms with Gasteiger partial charge in [-0.05, 0) is 17.9 Å². The summed E-state index contributed by atoms with van der Waals surface area (Å²) in [6.45, 7) is 3.96. The Labute approximate surface area is 102 Å². The van der Waals surface area contributed by atoms with Crippen LogP contribution >= 0.6 is 0 Å². The molecule has 1 aliphatic heterocycles. The SMILES string of the molecule is CC(=O)OCC1CC(C)C(c2ccccc2)O1. The molecule has 1 fully saturated rings. The van der Waals surface area contributed by atoms with E-state index in [1.807, 2.05) is 18.2 Å². The van der Waals surface area contributed by atoms with Crippen molar-refractivity contribution in [3.8, 4) is 0 Å². The molecule has 1 saturated heterocycles. The molecule has 0 saturated carbocycles. The molecule has 3 heteroatoms. The maximum absolute atomic E-state index is 10.8. The number of rotatable bonds is 3. The van der Waals surface area contributed by atoms with Gasteiger partial charge in [-0.3, -0.25) is 4.79 Å². The lowest BCUT2D eigenvalue weighted by Crippen LogP contribution is -2.16. The number of carbonyl (C=O) groups excluding carboxylic acids is 1. The summed E-state index contributed by atoms with van der Waals surface area (Å²) in [5, 5.41) is 0. The Bertz CT molecular complexity index is 374. The van der Waals surface area contributed by atoms with Crippen LogP contribution in [0.15, 0.2) is 30.3 Å². The summed E-state index contributed by atoms with van der Waals surface area (Å²) >= 11 is 0. The number of ether oxygens (including phenoxy) is 2. The third-order valence-electron chi connectivity index (χ3n) is 3.09. The molecule has 1 aromatic rings. The first-order chi connectivity index (χ1) is 8.16. The first kappa shape index (κ1) is 12.1. The molecule has 1 aromatic carbocycles. The van der Waals surface area contributed by atoms with Crippen LogP contribution in [0, 0.1) is 5.92 Å². The van der Waals surface area contributed by atoms with Gasteiger partial charge in [0.2, 0.25) is 0 Å². The van der Waals surface area contributed by atoms with E-state index < -0.39 is 0 Å². The average Bonchev–Trinajstić information content (AvgIpc) is 2.69. The van der Waals surface area contributed by atoms with Crippen molar-refractivity contribution in [1.82, 2.24) is 0 Å². The summed E-state index contributed by atoms with van der Waals surface area (Å²) in [4.78, 5) is 10.8. The Morgan fingerprint density at radius 3 is 2.76 bits per heavy atom. The minimum atomic E-state index is -0.246. The van der Waals surface area contributed by atoms with Gasteiger partial charge in [-0.25, -0.2) is 0 Å². The first-order valence-corrected chi connectivity index (χ1v) is 6.00. The van der Waals surface area contributed by atoms with E-state index in [4.69, 9.17) is 9.47 Å². The second-order valence-electron chi connectivity index (χ2n) is 4.60. The van der Waals surface area contributed by atoms with Crippen LogP contribution < -0.4 is 0 Å². The number of esters is 1. The molecule has 3 atom stereocenters. The number of hydrogen-bond donors (Lipinski definition) is 0. The normalized spacial score (nSPS) is 28.0. The largest absolute Gasteiger partial charge is 0.463 e. The van der Waals surface area contributed by atoms with Crippen LogP contribution in [-0.4, -0.2) is 18.7 Å². The van der Waals surface area contributed by atoms with Crippen molar-refractivity contribution < 1.29 is 14.3 Å². The molecule has 1 heterocycles. The predicted octanol–water partition coefficient (Wildman–Crippen LogP) is 2.72. The summed E-state index contributed by atoms with van der Waals surface area (Å²) in [7, 11) is 0. The van der Waals surface area contributed by atoms with Crippen molar-refractivity contribution in [2.75, 3.05) is 6.61 Å². The fourth-order valence-electron chi connectivity index (χ4n) is 2.30. The molecule has 0 amide bonds. The monoisotopic (exact) mass is 234 g/mol. The third kappa shape index (κ3) is 3.07. The second kappa shape index (κ2) is 5.32. The highest BCUT2D eigenvalue weighted by Gasteiger charge is 2.33. The van der Waals surface area contributed by atoms with Crippen LogP contribution in [0.1, 0.15) is 31.9 Å². The molecule has 3 unspecified atom stereocenters. The minimum Gasteiger partial charge on any atom is -0.463 e. The average molecular weight is 234 g/mol. The van der Waals surface area contributed by atoms with Crippen molar-refractivity contribution in [1.29, 1.82) is 0 Å². The van der Waals surface area contributed by atoms with Gasteiger partial charge in [-0.15, -0.1) is 0 Å². The summed E-state index contributed by atoms with van der Waals surface area (Å²) in [6, 6.07) is 10.2. The van der Waals surface area contributed by atoms with Crippen molar-refractivity contribution in [2.24, 2.45) is 5.92 Å². The Morgan fingerprint density at radius 2 is 2.12 bits per heavy atom. The van der Waals surface area contributed by atoms with Gasteiger partial charge in [0.05, 0.1) is 12.2 Å². The lowest BCUT2D eigenvalue weighted by atomic mass is 9.96. The molecule has 0 aliphatic carbocycles. The highest BCUT2D eigenvalue weighted by Crippen LogP contribution is 2.37. The van der Waals surface area contributed by atoms with E-state index >= 15 is 0 Å². The summed E-state index contributed by atoms with van der Waals surface area (Å²) in [5.41, 5.74) is 1.20. The van der Waals surface area contributed by atoms with Gasteiger partial charge in [0.15, 0.2) is 0 Å². The van der Waals surface area contributed by atoms with E-state index in [-0.39, 0.29) is 18.2 Å². The van der Waals surface area contributed by atoms with Gasteiger partial charge in [0.1, 0.15) is 6.61 Å². The maximum atomic E-state index is 10.8. The molecule has 17 heavy (non-hydrogen) atoms. The smallest absolute Gasteiger partial charge is 0.302 e. The molecule has 0 spiro atoms. The predicted molar refractivity (Wildman–Crippen MR) is 64.5 cm³/mol. The molecular formula is C14H18O3. The standard InChI is InChI=1S/C14H18O3/c1-10-8-13(9-16-11(2)15)17-14(10)12-6-4-3-5-7-12/h3-7,10,13-14H,8-9H2,1-2H3. The van der Waals surface area contributed by atoms with Gasteiger partial charge >= 0.3 is 5.97 Å². The third-order valence-corrected chi connectivity index (χ3v) is 3.09. The van der Waals surface area contributed by atoms with E-state index in [0.29, 0.717) is 12.5 Å². The quantitative estimate of drug-likeness (QED) is 0.754. The molecule has 0 bridgehead atoms. The molecule has 1 aliphatic rings. The zero-order valence-corrected chi connectivity index (χ0v) is 10.3. The highest BCUT2D eigenvalue weighted by molar-refractivity contribution is 5.65. The zero-order chi connectivity index (χ0) is 12.3. The summed E-state index contributed by atoms with van der Waals surface area (Å²) in [6.07, 6.45) is 1.09. The van der Waals surface area contributed by atoms with E-state index in [0.717, 1.165) is 6.42 Å². The Hall–Kier alpha value is -1.35. The van der Waals surface area contributed by atoms with Crippen LogP contribution in [0.3, 0.4) is 0 Å². The Balaban J connectivity index is 1.96. The van der Waals surface area contributed by atoms with Crippen LogP contribution in [-0.2, 0) is 14.3 Å². The molecule has 3 nitrogen and oxygen atoms in total. The maximum Gasteiger partial charge on any atom is 0.302 e. The van der Waals surface area contributed by atoms with E-state index in [1.54, 1.807) is 0 Å². The molecule has 0 radical (unpaired) electrons. The van der Waals surface area contributed by atoms with Crippen LogP contribution in [0.2, 0.25) is 0 Å². The highest BCUT2D eigenvalue weighted by atomic mass is 16.6. The van der Waals surface area contributed by atoms with Gasteiger partial charge in [-0.2, -0.15) is 0 Å². The van der Waals surface area contributed by atoms with E-state index in [2.05, 4.69) is 19.1 Å². The van der Waals surface area contributed by atoms with Gasteiger partial charge in [0, 0.05) is 6.92 Å². The first-order valence-electron chi connectivity index (χ1n) is 6.00. The van der Waals surface area contributed by atoms with Crippen LogP contribution in [0.25, 0.3) is 0 Å². The Kier molecular flexibility index (Phi) is 3.79. The van der Waals surface area contributed by atoms with Gasteiger partial charge in [-0.1, -0.05) is 37.3 Å². The van der Waals surface area contributed by atoms with Gasteiger partial charge < -0.3 is 9.47 Å². The number of benzene rings is 1. The molecular weight excluding hydrogens is 216 g/mol. The van der Waals surface area contributed by atoms with Crippen molar-refractivity contribution >= 4 is 5.97 Å². The van der Waals surface area contributed by atoms with Gasteiger partial charge in [0.25, 0.3) is 0 Å². The fraction of sp³-hybridized carbons (Fsp3) is 0.500. The fourth-order valence-corrected chi connectivity index (χ4v) is 2.30. The lowest BCUT2D eigenvalue weighted by Gasteiger charge is -2.15. The van der Waals surface area contributed by atoms with Crippen LogP contribution in [0.5, 0.6) is 0 Å². The zero-order valence-electron chi connectivity index (χ0n) is 10.3. The topological polar surface area (TPSA) is 35.5 Å².